The summed E-state index contributed by atoms with van der Waals surface area (Å²) in [7, 11) is 4.10. The van der Waals surface area contributed by atoms with Crippen molar-refractivity contribution in [3.8, 4) is 5.75 Å². The number of hydrogen-bond acceptors (Lipinski definition) is 2. The molecule has 0 N–H and O–H groups in total. The molecular weight excluding hydrogens is 780 g/mol. The number of nitrogens with zero attached hydrogens (tertiary/aromatic N) is 7. The third-order valence-corrected chi connectivity index (χ3v) is 11.4. The molecule has 4 atom stereocenters. The molecule has 8 nitrogen and oxygen atoms in total. The van der Waals surface area contributed by atoms with Gasteiger partial charge in [0.2, 0.25) is 0 Å². The molecule has 0 spiro atoms. The fraction of sp³-hybridized carbons (Fsp3) is 0.574. The number of allylic oxidation sites excluding steroid dienone is 2. The predicted octanol–water partition coefficient (Wildman–Crippen LogP) is 11.6. The average Bonchev–Trinajstić information content (AvgIpc) is 3.26. The zero-order valence-electron chi connectivity index (χ0n) is 34.1. The van der Waals surface area contributed by atoms with Gasteiger partial charge in [0.1, 0.15) is 5.75 Å². The topological polar surface area (TPSA) is 97.1 Å². The summed E-state index contributed by atoms with van der Waals surface area (Å²) in [6.45, 7) is 5.04. The minimum Gasteiger partial charge on any atom is -0.665 e. The Bertz CT molecular complexity index is 1640. The zero-order valence-corrected chi connectivity index (χ0v) is 35.8. The van der Waals surface area contributed by atoms with Gasteiger partial charge in [0.05, 0.1) is 6.61 Å². The number of fused-ring (bicyclic) bond motifs is 3. The summed E-state index contributed by atoms with van der Waals surface area (Å²) >= 11 is 0. The quantitative estimate of drug-likeness (QED) is 0.121. The summed E-state index contributed by atoms with van der Waals surface area (Å²) in [6, 6.07) is 14.7. The number of hydrogen-bond donors (Lipinski definition) is 0. The van der Waals surface area contributed by atoms with E-state index in [1.807, 2.05) is 44.7 Å². The molecule has 2 aromatic carbocycles. The molecule has 4 unspecified atom stereocenters. The number of piperidine rings is 3. The smallest absolute Gasteiger partial charge is 0.665 e. The summed E-state index contributed by atoms with van der Waals surface area (Å²) in [6.07, 6.45) is 34.5. The molecule has 3 fully saturated rings. The second kappa shape index (κ2) is 24.7. The van der Waals surface area contributed by atoms with Gasteiger partial charge in [-0.25, -0.2) is 0 Å². The Kier molecular flexibility index (Phi) is 19.5. The molecule has 6 aliphatic rings. The summed E-state index contributed by atoms with van der Waals surface area (Å²) in [5.74, 6) is 0.956. The van der Waals surface area contributed by atoms with Crippen molar-refractivity contribution in [1.29, 1.82) is 0 Å². The van der Waals surface area contributed by atoms with Gasteiger partial charge in [-0.15, -0.1) is 55.7 Å². The van der Waals surface area contributed by atoms with Crippen LogP contribution in [0.5, 0.6) is 5.75 Å². The number of ether oxygens (including phenoxy) is 1. The molecule has 9 heteroatoms. The normalized spacial score (nSPS) is 23.5. The Morgan fingerprint density at radius 3 is 2.07 bits per heavy atom. The van der Waals surface area contributed by atoms with Crippen molar-refractivity contribution in [3.05, 3.63) is 115 Å². The van der Waals surface area contributed by atoms with Crippen molar-refractivity contribution in [3.63, 3.8) is 0 Å². The second-order valence-corrected chi connectivity index (χ2v) is 15.8. The Hall–Kier alpha value is -2.94. The summed E-state index contributed by atoms with van der Waals surface area (Å²) in [5, 5.41) is 30.0. The van der Waals surface area contributed by atoms with E-state index in [9.17, 15) is 0 Å². The minimum absolute atomic E-state index is 0. The Morgan fingerprint density at radius 1 is 0.696 bits per heavy atom. The van der Waals surface area contributed by atoms with Gasteiger partial charge in [0, 0.05) is 25.8 Å². The molecule has 6 aliphatic heterocycles. The van der Waals surface area contributed by atoms with Gasteiger partial charge in [-0.3, -0.25) is 0 Å². The van der Waals surface area contributed by atoms with E-state index in [2.05, 4.69) is 85.4 Å². The van der Waals surface area contributed by atoms with E-state index in [0.717, 1.165) is 74.4 Å². The summed E-state index contributed by atoms with van der Waals surface area (Å²) < 4.78 is 5.92. The molecule has 6 heterocycles. The minimum atomic E-state index is 0. The van der Waals surface area contributed by atoms with E-state index in [1.165, 1.54) is 99.9 Å². The maximum absolute atomic E-state index is 5.92. The molecule has 3 saturated heterocycles. The van der Waals surface area contributed by atoms with Gasteiger partial charge in [-0.05, 0) is 47.4 Å². The first-order valence-corrected chi connectivity index (χ1v) is 21.5. The van der Waals surface area contributed by atoms with Gasteiger partial charge in [0.15, 0.2) is 0 Å². The molecule has 302 valence electrons. The van der Waals surface area contributed by atoms with Crippen molar-refractivity contribution in [2.45, 2.75) is 127 Å². The standard InChI is InChI=1S/C27H31N3O.C10H18N2.C10H16N2.Ru/c1-30(2)23-12-8-13-24(20-23)31-19-7-5-3-4-6-10-21-16-18-29-27-25(21)15-14-22-11-9-17-28-26(22)27;2*1-3-7-11-9(5-1)10-6-2-4-8-12-10;/h8-9,11-18,20H,3-7,10,19H2,1-2H3;9-10H,1-8H2;1,5,9-10H,2-4,6-8H2;/q3*-2;+6. The number of rotatable bonds is 12. The van der Waals surface area contributed by atoms with E-state index in [4.69, 9.17) is 4.74 Å². The fourth-order valence-electron chi connectivity index (χ4n) is 8.21. The SMILES string of the molecule is C1=CC(C2CCCC[N-]2)[N-]CC1.C1CCC(C2CCCC[N-]2)[N-]C1.CN(C)c1cccc(OCCCCCCCC2=c3ccc4c(c3[N-]C=C2)[N-]C=CC=4)c1.[Ru+6]. The third kappa shape index (κ3) is 13.9. The van der Waals surface area contributed by atoms with Gasteiger partial charge in [-0.2, -0.15) is 24.5 Å². The fourth-order valence-corrected chi connectivity index (χ4v) is 8.21. The van der Waals surface area contributed by atoms with Crippen LogP contribution in [0.25, 0.3) is 43.5 Å². The number of anilines is 1. The molecule has 56 heavy (non-hydrogen) atoms. The van der Waals surface area contributed by atoms with Gasteiger partial charge >= 0.3 is 19.5 Å². The van der Waals surface area contributed by atoms with Crippen LogP contribution in [0.1, 0.15) is 103 Å². The van der Waals surface area contributed by atoms with Crippen LogP contribution in [0.15, 0.2) is 73.1 Å². The van der Waals surface area contributed by atoms with Crippen molar-refractivity contribution in [2.75, 3.05) is 51.8 Å². The third-order valence-electron chi connectivity index (χ3n) is 11.4. The van der Waals surface area contributed by atoms with E-state index < -0.39 is 0 Å². The van der Waals surface area contributed by atoms with Crippen LogP contribution < -0.4 is 20.1 Å². The first kappa shape index (κ1) is 44.2. The van der Waals surface area contributed by atoms with E-state index in [1.54, 1.807) is 0 Å². The molecule has 8 rings (SSSR count). The number of unbranched alkanes of at least 4 members (excludes halogenated alkanes) is 4. The van der Waals surface area contributed by atoms with Crippen LogP contribution in [-0.2, 0) is 19.5 Å². The molecular formula is C47H65N7ORu. The molecule has 0 radical (unpaired) electrons. The Labute approximate surface area is 351 Å². The molecule has 0 saturated carbocycles. The Morgan fingerprint density at radius 2 is 1.39 bits per heavy atom. The Balaban J connectivity index is 0.000000195. The maximum atomic E-state index is 5.92. The summed E-state index contributed by atoms with van der Waals surface area (Å²) in [5.41, 5.74) is 4.57. The van der Waals surface area contributed by atoms with Gasteiger partial charge in [-0.1, -0.05) is 126 Å². The van der Waals surface area contributed by atoms with Crippen molar-refractivity contribution in [2.24, 2.45) is 0 Å². The van der Waals surface area contributed by atoms with E-state index in [0.29, 0.717) is 24.2 Å². The van der Waals surface area contributed by atoms with E-state index >= 15 is 0 Å². The predicted molar refractivity (Wildman–Crippen MR) is 235 cm³/mol. The van der Waals surface area contributed by atoms with Crippen LogP contribution in [0.2, 0.25) is 0 Å². The van der Waals surface area contributed by atoms with Crippen LogP contribution in [0, 0.1) is 0 Å². The maximum Gasteiger partial charge on any atom is 6.00 e. The molecule has 0 aromatic heterocycles. The van der Waals surface area contributed by atoms with Crippen LogP contribution >= 0.6 is 0 Å². The molecule has 0 amide bonds. The monoisotopic (exact) mass is 845 g/mol. The largest absolute Gasteiger partial charge is 6.00 e. The first-order chi connectivity index (χ1) is 27.2. The average molecular weight is 845 g/mol. The van der Waals surface area contributed by atoms with Crippen LogP contribution in [-0.4, -0.2) is 71.0 Å². The van der Waals surface area contributed by atoms with Gasteiger partial charge < -0.3 is 41.5 Å². The van der Waals surface area contributed by atoms with Crippen molar-refractivity contribution in [1.82, 2.24) is 0 Å². The van der Waals surface area contributed by atoms with Crippen molar-refractivity contribution >= 4 is 28.7 Å². The molecule has 0 bridgehead atoms. The first-order valence-electron chi connectivity index (χ1n) is 21.5. The summed E-state index contributed by atoms with van der Waals surface area (Å²) in [4.78, 5) is 2.10. The second-order valence-electron chi connectivity index (χ2n) is 15.8. The molecule has 0 aliphatic carbocycles. The molecule has 2 aromatic rings. The van der Waals surface area contributed by atoms with E-state index in [-0.39, 0.29) is 19.5 Å². The zero-order chi connectivity index (χ0) is 37.9. The number of benzene rings is 2. The van der Waals surface area contributed by atoms with Crippen LogP contribution in [0.3, 0.4) is 0 Å². The van der Waals surface area contributed by atoms with Crippen LogP contribution in [0.4, 0.5) is 17.1 Å². The van der Waals surface area contributed by atoms with Crippen molar-refractivity contribution < 1.29 is 24.2 Å². The van der Waals surface area contributed by atoms with Gasteiger partial charge in [0.25, 0.3) is 0 Å².